The highest BCUT2D eigenvalue weighted by Crippen LogP contribution is 2.19. The van der Waals surface area contributed by atoms with E-state index >= 15 is 0 Å². The summed E-state index contributed by atoms with van der Waals surface area (Å²) in [5.74, 6) is 0. The van der Waals surface area contributed by atoms with Crippen molar-refractivity contribution in [2.24, 2.45) is 0 Å². The maximum atomic E-state index is 4.55. The number of pyridine rings is 2. The molecule has 0 fully saturated rings. The van der Waals surface area contributed by atoms with Gasteiger partial charge in [-0.1, -0.05) is 89.5 Å². The second-order valence-corrected chi connectivity index (χ2v) is 8.16. The average Bonchev–Trinajstić information content (AvgIpc) is 2.78. The van der Waals surface area contributed by atoms with E-state index in [4.69, 9.17) is 0 Å². The van der Waals surface area contributed by atoms with Gasteiger partial charge in [0.1, 0.15) is 0 Å². The Labute approximate surface area is 184 Å². The molecule has 2 aromatic heterocycles. The highest BCUT2D eigenvalue weighted by molar-refractivity contribution is 5.63. The summed E-state index contributed by atoms with van der Waals surface area (Å²) in [5.41, 5.74) is 4.27. The third-order valence-corrected chi connectivity index (χ3v) is 5.40. The van der Waals surface area contributed by atoms with Gasteiger partial charge in [0.25, 0.3) is 0 Å². The minimum absolute atomic E-state index is 0.940. The van der Waals surface area contributed by atoms with Gasteiger partial charge < -0.3 is 0 Å². The zero-order valence-electron chi connectivity index (χ0n) is 19.2. The molecule has 0 atom stereocenters. The Morgan fingerprint density at radius 2 is 1.03 bits per heavy atom. The largest absolute Gasteiger partial charge is 0.255 e. The van der Waals surface area contributed by atoms with Gasteiger partial charge in [-0.25, -0.2) is 0 Å². The molecule has 0 unspecified atom stereocenters. The molecule has 0 saturated heterocycles. The zero-order valence-corrected chi connectivity index (χ0v) is 19.2. The van der Waals surface area contributed by atoms with Crippen molar-refractivity contribution in [3.05, 3.63) is 59.9 Å². The second-order valence-electron chi connectivity index (χ2n) is 8.16. The predicted octanol–water partition coefficient (Wildman–Crippen LogP) is 8.89. The average molecular weight is 405 g/mol. The molecule has 0 amide bonds. The molecular weight excluding hydrogens is 364 g/mol. The first-order valence-corrected chi connectivity index (χ1v) is 12.1. The first kappa shape index (κ1) is 24.1. The topological polar surface area (TPSA) is 25.8 Å². The highest BCUT2D eigenvalue weighted by Gasteiger charge is 2.02. The molecule has 2 heterocycles. The number of aromatic nitrogens is 2. The number of allylic oxidation sites excluding steroid dienone is 2. The van der Waals surface area contributed by atoms with Gasteiger partial charge in [-0.2, -0.15) is 0 Å². The fourth-order valence-electron chi connectivity index (χ4n) is 3.55. The maximum absolute atomic E-state index is 4.55. The Morgan fingerprint density at radius 1 is 0.600 bits per heavy atom. The second kappa shape index (κ2) is 15.6. The van der Waals surface area contributed by atoms with E-state index in [2.05, 4.69) is 72.4 Å². The number of hydrogen-bond donors (Lipinski definition) is 0. The van der Waals surface area contributed by atoms with Crippen molar-refractivity contribution in [2.45, 2.75) is 90.9 Å². The number of nitrogens with zero attached hydrogens (tertiary/aromatic N) is 2. The predicted molar refractivity (Wildman–Crippen MR) is 132 cm³/mol. The molecule has 0 aliphatic rings. The van der Waals surface area contributed by atoms with Crippen molar-refractivity contribution in [1.29, 1.82) is 0 Å². The molecule has 0 aliphatic heterocycles. The van der Waals surface area contributed by atoms with E-state index < -0.39 is 0 Å². The molecular formula is C28H40N2. The van der Waals surface area contributed by atoms with Crippen LogP contribution in [0.5, 0.6) is 0 Å². The third kappa shape index (κ3) is 10.0. The summed E-state index contributed by atoms with van der Waals surface area (Å²) >= 11 is 0. The lowest BCUT2D eigenvalue weighted by atomic mass is 10.1. The maximum Gasteiger partial charge on any atom is 0.0892 e. The van der Waals surface area contributed by atoms with Crippen LogP contribution in [0, 0.1) is 0 Å². The summed E-state index contributed by atoms with van der Waals surface area (Å²) in [6.45, 7) is 4.52. The van der Waals surface area contributed by atoms with Crippen LogP contribution in [0.1, 0.15) is 102 Å². The smallest absolute Gasteiger partial charge is 0.0892 e. The lowest BCUT2D eigenvalue weighted by Crippen LogP contribution is -1.88. The van der Waals surface area contributed by atoms with Crippen LogP contribution in [0.2, 0.25) is 0 Å². The molecule has 0 spiro atoms. The fraction of sp³-hybridized carbons (Fsp3) is 0.500. The zero-order chi connectivity index (χ0) is 21.3. The van der Waals surface area contributed by atoms with E-state index in [1.165, 1.54) is 75.3 Å². The molecule has 2 nitrogen and oxygen atoms in total. The van der Waals surface area contributed by atoms with E-state index in [1.807, 2.05) is 12.4 Å². The van der Waals surface area contributed by atoms with E-state index in [1.54, 1.807) is 0 Å². The summed E-state index contributed by atoms with van der Waals surface area (Å²) in [7, 11) is 0. The molecule has 2 heteroatoms. The lowest BCUT2D eigenvalue weighted by Gasteiger charge is -2.03. The summed E-state index contributed by atoms with van der Waals surface area (Å²) in [6.07, 6.45) is 28.4. The molecule has 0 radical (unpaired) electrons. The Balaban J connectivity index is 1.86. The quantitative estimate of drug-likeness (QED) is 0.277. The first-order valence-electron chi connectivity index (χ1n) is 12.1. The molecule has 0 aliphatic carbocycles. The first-order chi connectivity index (χ1) is 14.8. The standard InChI is InChI=1S/C28H40N2/c1-3-5-7-9-11-13-15-17-25-19-21-29-27(23-25)28-24-26(20-22-30-28)18-16-14-12-10-8-6-4-2/h15-24H,3-14H2,1-2H3/b17-15+,18-16+. The SMILES string of the molecule is CCCCCCC/C=C/c1ccnc(-c2cc(/C=C/CCCCCCC)ccn2)c1. The van der Waals surface area contributed by atoms with Gasteiger partial charge in [0.15, 0.2) is 0 Å². The highest BCUT2D eigenvalue weighted by atomic mass is 14.8. The number of rotatable bonds is 15. The van der Waals surface area contributed by atoms with Gasteiger partial charge in [-0.05, 0) is 61.1 Å². The monoisotopic (exact) mass is 404 g/mol. The molecule has 0 aromatic carbocycles. The van der Waals surface area contributed by atoms with Crippen molar-refractivity contribution in [2.75, 3.05) is 0 Å². The summed E-state index contributed by atoms with van der Waals surface area (Å²) < 4.78 is 0. The van der Waals surface area contributed by atoms with Crippen molar-refractivity contribution in [1.82, 2.24) is 9.97 Å². The fourth-order valence-corrected chi connectivity index (χ4v) is 3.55. The molecule has 0 N–H and O–H groups in total. The van der Waals surface area contributed by atoms with Gasteiger partial charge >= 0.3 is 0 Å². The van der Waals surface area contributed by atoms with Gasteiger partial charge in [-0.3, -0.25) is 9.97 Å². The minimum atomic E-state index is 0.940. The van der Waals surface area contributed by atoms with Crippen molar-refractivity contribution >= 4 is 12.2 Å². The lowest BCUT2D eigenvalue weighted by molar-refractivity contribution is 0.638. The van der Waals surface area contributed by atoms with E-state index in [0.29, 0.717) is 0 Å². The summed E-state index contributed by atoms with van der Waals surface area (Å²) in [4.78, 5) is 9.09. The van der Waals surface area contributed by atoms with E-state index in [9.17, 15) is 0 Å². The van der Waals surface area contributed by atoms with Crippen LogP contribution in [-0.4, -0.2) is 9.97 Å². The van der Waals surface area contributed by atoms with Crippen LogP contribution in [-0.2, 0) is 0 Å². The van der Waals surface area contributed by atoms with Crippen LogP contribution in [0.3, 0.4) is 0 Å². The molecule has 30 heavy (non-hydrogen) atoms. The van der Waals surface area contributed by atoms with Gasteiger partial charge in [0.2, 0.25) is 0 Å². The van der Waals surface area contributed by atoms with Crippen LogP contribution in [0.15, 0.2) is 48.8 Å². The van der Waals surface area contributed by atoms with Crippen molar-refractivity contribution in [3.63, 3.8) is 0 Å². The van der Waals surface area contributed by atoms with Gasteiger partial charge in [0.05, 0.1) is 11.4 Å². The molecule has 2 aromatic rings. The summed E-state index contributed by atoms with van der Waals surface area (Å²) in [5, 5.41) is 0. The van der Waals surface area contributed by atoms with E-state index in [-0.39, 0.29) is 0 Å². The van der Waals surface area contributed by atoms with Crippen molar-refractivity contribution < 1.29 is 0 Å². The van der Waals surface area contributed by atoms with Crippen LogP contribution in [0.25, 0.3) is 23.5 Å². The number of hydrogen-bond acceptors (Lipinski definition) is 2. The summed E-state index contributed by atoms with van der Waals surface area (Å²) in [6, 6.07) is 8.41. The van der Waals surface area contributed by atoms with Crippen LogP contribution < -0.4 is 0 Å². The normalized spacial score (nSPS) is 11.7. The molecule has 162 valence electrons. The molecule has 0 saturated carbocycles. The van der Waals surface area contributed by atoms with Crippen molar-refractivity contribution in [3.8, 4) is 11.4 Å². The Hall–Kier alpha value is -2.22. The van der Waals surface area contributed by atoms with Gasteiger partial charge in [-0.15, -0.1) is 0 Å². The van der Waals surface area contributed by atoms with Crippen LogP contribution >= 0.6 is 0 Å². The Bertz CT molecular complexity index is 695. The molecule has 0 bridgehead atoms. The van der Waals surface area contributed by atoms with Gasteiger partial charge in [0, 0.05) is 12.4 Å². The number of unbranched alkanes of at least 4 members (excludes halogenated alkanes) is 10. The van der Waals surface area contributed by atoms with E-state index in [0.717, 1.165) is 24.2 Å². The minimum Gasteiger partial charge on any atom is -0.255 e. The Morgan fingerprint density at radius 3 is 1.47 bits per heavy atom. The Kier molecular flexibility index (Phi) is 12.5. The molecule has 2 rings (SSSR count). The van der Waals surface area contributed by atoms with Crippen LogP contribution in [0.4, 0.5) is 0 Å². The third-order valence-electron chi connectivity index (χ3n) is 5.40.